The van der Waals surface area contributed by atoms with Gasteiger partial charge in [-0.3, -0.25) is 14.2 Å². The van der Waals surface area contributed by atoms with Crippen molar-refractivity contribution >= 4 is 16.8 Å². The number of para-hydroxylation sites is 1. The Morgan fingerprint density at radius 3 is 2.66 bits per heavy atom. The Labute approximate surface area is 170 Å². The summed E-state index contributed by atoms with van der Waals surface area (Å²) < 4.78 is 1.60. The van der Waals surface area contributed by atoms with Crippen LogP contribution in [0.2, 0.25) is 0 Å². The summed E-state index contributed by atoms with van der Waals surface area (Å²) in [5.41, 5.74) is 3.11. The molecule has 1 heterocycles. The zero-order valence-corrected chi connectivity index (χ0v) is 16.9. The number of rotatable bonds is 7. The average Bonchev–Trinajstić information content (AvgIpc) is 2.70. The van der Waals surface area contributed by atoms with Crippen molar-refractivity contribution in [2.24, 2.45) is 0 Å². The lowest BCUT2D eigenvalue weighted by atomic mass is 9.64. The molecule has 0 unspecified atom stereocenters. The molecular formula is C24H27N3O2. The van der Waals surface area contributed by atoms with Gasteiger partial charge in [0.25, 0.3) is 5.56 Å². The summed E-state index contributed by atoms with van der Waals surface area (Å²) in [6.45, 7) is 3.13. The highest BCUT2D eigenvalue weighted by molar-refractivity contribution is 5.80. The van der Waals surface area contributed by atoms with E-state index >= 15 is 0 Å². The minimum atomic E-state index is -0.0448. The van der Waals surface area contributed by atoms with Gasteiger partial charge in [0.2, 0.25) is 5.91 Å². The van der Waals surface area contributed by atoms with Crippen LogP contribution in [0.4, 0.5) is 0 Å². The molecule has 5 heteroatoms. The Balaban J connectivity index is 1.32. The molecular weight excluding hydrogens is 362 g/mol. The maximum atomic E-state index is 12.6. The molecule has 150 valence electrons. The van der Waals surface area contributed by atoms with Gasteiger partial charge in [0.05, 0.1) is 17.2 Å². The minimum absolute atomic E-state index is 0.0448. The highest BCUT2D eigenvalue weighted by Crippen LogP contribution is 2.43. The molecule has 2 aromatic carbocycles. The number of carbonyl (C=O) groups excluding carboxylic acids is 1. The number of nitrogens with one attached hydrogen (secondary N) is 1. The van der Waals surface area contributed by atoms with Crippen molar-refractivity contribution in [2.75, 3.05) is 6.54 Å². The van der Waals surface area contributed by atoms with E-state index in [1.165, 1.54) is 12.0 Å². The van der Waals surface area contributed by atoms with Gasteiger partial charge in [-0.2, -0.15) is 0 Å². The third-order valence-electron chi connectivity index (χ3n) is 6.18. The molecule has 1 amide bonds. The van der Waals surface area contributed by atoms with Crippen molar-refractivity contribution in [3.05, 3.63) is 76.3 Å². The summed E-state index contributed by atoms with van der Waals surface area (Å²) >= 11 is 0. The molecule has 3 aromatic rings. The van der Waals surface area contributed by atoms with Gasteiger partial charge in [-0.15, -0.1) is 0 Å². The second-order valence-corrected chi connectivity index (χ2v) is 8.09. The molecule has 0 aliphatic heterocycles. The number of fused-ring (bicyclic) bond motifs is 1. The number of aryl methyl sites for hydroxylation is 2. The zero-order valence-electron chi connectivity index (χ0n) is 16.9. The lowest BCUT2D eigenvalue weighted by Crippen LogP contribution is -2.45. The summed E-state index contributed by atoms with van der Waals surface area (Å²) in [6.07, 6.45) is 6.06. The largest absolute Gasteiger partial charge is 0.355 e. The van der Waals surface area contributed by atoms with Crippen molar-refractivity contribution in [3.8, 4) is 0 Å². The van der Waals surface area contributed by atoms with E-state index in [2.05, 4.69) is 34.6 Å². The van der Waals surface area contributed by atoms with Gasteiger partial charge in [0, 0.05) is 24.9 Å². The normalized spacial score (nSPS) is 15.1. The summed E-state index contributed by atoms with van der Waals surface area (Å²) in [5.74, 6) is 0.0462. The molecule has 1 N–H and O–H groups in total. The van der Waals surface area contributed by atoms with Crippen LogP contribution in [-0.4, -0.2) is 22.0 Å². The molecule has 1 saturated carbocycles. The Morgan fingerprint density at radius 2 is 1.93 bits per heavy atom. The second-order valence-electron chi connectivity index (χ2n) is 8.09. The van der Waals surface area contributed by atoms with Crippen LogP contribution in [0.3, 0.4) is 0 Å². The standard InChI is InChI=1S/C24H27N3O2/c1-18-8-5-11-20-22(18)26-17-27(23(20)29)15-6-12-21(28)25-16-24(13-7-14-24)19-9-3-2-4-10-19/h2-5,8-11,17H,6-7,12-16H2,1H3,(H,25,28). The number of hydrogen-bond donors (Lipinski definition) is 1. The fourth-order valence-corrected chi connectivity index (χ4v) is 4.23. The third kappa shape index (κ3) is 3.95. The predicted octanol–water partition coefficient (Wildman–Crippen LogP) is 3.72. The van der Waals surface area contributed by atoms with Gasteiger partial charge in [0.15, 0.2) is 0 Å². The monoisotopic (exact) mass is 389 g/mol. The SMILES string of the molecule is Cc1cccc2c(=O)n(CCCC(=O)NCC3(c4ccccc4)CCC3)cnc12. The molecule has 1 aliphatic rings. The van der Waals surface area contributed by atoms with E-state index in [-0.39, 0.29) is 16.9 Å². The van der Waals surface area contributed by atoms with E-state index in [4.69, 9.17) is 0 Å². The fraction of sp³-hybridized carbons (Fsp3) is 0.375. The van der Waals surface area contributed by atoms with Crippen LogP contribution >= 0.6 is 0 Å². The number of hydrogen-bond acceptors (Lipinski definition) is 3. The Hall–Kier alpha value is -2.95. The Morgan fingerprint density at radius 1 is 1.14 bits per heavy atom. The van der Waals surface area contributed by atoms with Crippen LogP contribution in [-0.2, 0) is 16.8 Å². The van der Waals surface area contributed by atoms with Crippen molar-refractivity contribution in [3.63, 3.8) is 0 Å². The van der Waals surface area contributed by atoms with Crippen LogP contribution in [0, 0.1) is 6.92 Å². The highest BCUT2D eigenvalue weighted by atomic mass is 16.1. The molecule has 0 radical (unpaired) electrons. The van der Waals surface area contributed by atoms with Crippen molar-refractivity contribution in [1.82, 2.24) is 14.9 Å². The lowest BCUT2D eigenvalue weighted by Gasteiger charge is -2.42. The molecule has 5 nitrogen and oxygen atoms in total. The van der Waals surface area contributed by atoms with Crippen molar-refractivity contribution in [1.29, 1.82) is 0 Å². The van der Waals surface area contributed by atoms with Gasteiger partial charge in [0.1, 0.15) is 0 Å². The van der Waals surface area contributed by atoms with Crippen molar-refractivity contribution in [2.45, 2.75) is 51.0 Å². The van der Waals surface area contributed by atoms with Crippen LogP contribution < -0.4 is 10.9 Å². The van der Waals surface area contributed by atoms with Gasteiger partial charge in [-0.1, -0.05) is 48.9 Å². The predicted molar refractivity (Wildman–Crippen MR) is 115 cm³/mol. The third-order valence-corrected chi connectivity index (χ3v) is 6.18. The van der Waals surface area contributed by atoms with E-state index in [0.29, 0.717) is 31.3 Å². The van der Waals surface area contributed by atoms with E-state index in [0.717, 1.165) is 23.9 Å². The molecule has 1 fully saturated rings. The highest BCUT2D eigenvalue weighted by Gasteiger charge is 2.38. The summed E-state index contributed by atoms with van der Waals surface area (Å²) in [4.78, 5) is 29.4. The van der Waals surface area contributed by atoms with Gasteiger partial charge in [-0.05, 0) is 43.4 Å². The van der Waals surface area contributed by atoms with Gasteiger partial charge in [-0.25, -0.2) is 4.98 Å². The molecule has 4 rings (SSSR count). The number of carbonyl (C=O) groups is 1. The smallest absolute Gasteiger partial charge is 0.261 e. The van der Waals surface area contributed by atoms with Crippen LogP contribution in [0.5, 0.6) is 0 Å². The number of benzene rings is 2. The number of amides is 1. The average molecular weight is 389 g/mol. The van der Waals surface area contributed by atoms with E-state index < -0.39 is 0 Å². The van der Waals surface area contributed by atoms with Gasteiger partial charge >= 0.3 is 0 Å². The van der Waals surface area contributed by atoms with Gasteiger partial charge < -0.3 is 5.32 Å². The maximum absolute atomic E-state index is 12.6. The lowest BCUT2D eigenvalue weighted by molar-refractivity contribution is -0.121. The molecule has 0 spiro atoms. The molecule has 29 heavy (non-hydrogen) atoms. The maximum Gasteiger partial charge on any atom is 0.261 e. The topological polar surface area (TPSA) is 64.0 Å². The number of aromatic nitrogens is 2. The fourth-order valence-electron chi connectivity index (χ4n) is 4.23. The van der Waals surface area contributed by atoms with Crippen LogP contribution in [0.25, 0.3) is 10.9 Å². The zero-order chi connectivity index (χ0) is 20.3. The molecule has 1 aliphatic carbocycles. The van der Waals surface area contributed by atoms with E-state index in [1.54, 1.807) is 10.9 Å². The molecule has 1 aromatic heterocycles. The van der Waals surface area contributed by atoms with Crippen molar-refractivity contribution < 1.29 is 4.79 Å². The minimum Gasteiger partial charge on any atom is -0.355 e. The Kier molecular flexibility index (Phi) is 5.47. The summed E-state index contributed by atoms with van der Waals surface area (Å²) in [7, 11) is 0. The first-order valence-electron chi connectivity index (χ1n) is 10.4. The molecule has 0 saturated heterocycles. The molecule has 0 bridgehead atoms. The quantitative estimate of drug-likeness (QED) is 0.670. The first-order valence-corrected chi connectivity index (χ1v) is 10.4. The van der Waals surface area contributed by atoms with Crippen LogP contribution in [0.1, 0.15) is 43.2 Å². The summed E-state index contributed by atoms with van der Waals surface area (Å²) in [6, 6.07) is 16.1. The van der Waals surface area contributed by atoms with E-state index in [9.17, 15) is 9.59 Å². The summed E-state index contributed by atoms with van der Waals surface area (Å²) in [5, 5.41) is 3.75. The number of nitrogens with zero attached hydrogens (tertiary/aromatic N) is 2. The second kappa shape index (κ2) is 8.19. The van der Waals surface area contributed by atoms with E-state index in [1.807, 2.05) is 31.2 Å². The first kappa shape index (κ1) is 19.4. The van der Waals surface area contributed by atoms with Crippen LogP contribution in [0.15, 0.2) is 59.7 Å². The molecule has 0 atom stereocenters. The Bertz CT molecular complexity index is 1070. The first-order chi connectivity index (χ1) is 14.1.